The van der Waals surface area contributed by atoms with Crippen LogP contribution in [0.15, 0.2) is 18.2 Å². The maximum atomic E-state index is 10.8. The van der Waals surface area contributed by atoms with E-state index in [0.717, 1.165) is 5.56 Å². The molecule has 82 valence electrons. The van der Waals surface area contributed by atoms with Crippen LogP contribution in [-0.2, 0) is 0 Å². The Bertz CT molecular complexity index is 599. The van der Waals surface area contributed by atoms with E-state index in [1.54, 1.807) is 12.1 Å². The van der Waals surface area contributed by atoms with Crippen LogP contribution in [-0.4, -0.2) is 9.91 Å². The second-order valence-corrected chi connectivity index (χ2v) is 4.08. The summed E-state index contributed by atoms with van der Waals surface area (Å²) in [6, 6.07) is 5.31. The van der Waals surface area contributed by atoms with Crippen LogP contribution in [0.2, 0.25) is 10.2 Å². The van der Waals surface area contributed by atoms with Crippen LogP contribution in [0, 0.1) is 17.0 Å². The highest BCUT2D eigenvalue weighted by molar-refractivity contribution is 6.41. The maximum Gasteiger partial charge on any atom is 0.325 e. The number of benzene rings is 1. The van der Waals surface area contributed by atoms with E-state index in [1.165, 1.54) is 0 Å². The van der Waals surface area contributed by atoms with Crippen molar-refractivity contribution in [1.82, 2.24) is 4.98 Å². The van der Waals surface area contributed by atoms with Gasteiger partial charge in [-0.25, -0.2) is 4.98 Å². The molecule has 2 rings (SSSR count). The van der Waals surface area contributed by atoms with E-state index in [1.807, 2.05) is 13.0 Å². The first-order valence-electron chi connectivity index (χ1n) is 4.40. The van der Waals surface area contributed by atoms with Crippen molar-refractivity contribution in [1.29, 1.82) is 0 Å². The lowest BCUT2D eigenvalue weighted by molar-refractivity contribution is -0.384. The lowest BCUT2D eigenvalue weighted by atomic mass is 10.1. The summed E-state index contributed by atoms with van der Waals surface area (Å²) in [7, 11) is 0. The number of hydrogen-bond donors (Lipinski definition) is 0. The van der Waals surface area contributed by atoms with E-state index >= 15 is 0 Å². The van der Waals surface area contributed by atoms with Crippen molar-refractivity contribution in [3.63, 3.8) is 0 Å². The van der Waals surface area contributed by atoms with Gasteiger partial charge in [0.15, 0.2) is 0 Å². The highest BCUT2D eigenvalue weighted by Gasteiger charge is 2.22. The Balaban J connectivity index is 2.90. The van der Waals surface area contributed by atoms with Gasteiger partial charge in [0.05, 0.1) is 10.4 Å². The Morgan fingerprint density at radius 2 is 2.06 bits per heavy atom. The van der Waals surface area contributed by atoms with Gasteiger partial charge < -0.3 is 0 Å². The van der Waals surface area contributed by atoms with Gasteiger partial charge in [-0.2, -0.15) is 0 Å². The monoisotopic (exact) mass is 256 g/mol. The molecule has 0 unspecified atom stereocenters. The summed E-state index contributed by atoms with van der Waals surface area (Å²) < 4.78 is 0. The van der Waals surface area contributed by atoms with Crippen LogP contribution in [0.1, 0.15) is 5.56 Å². The van der Waals surface area contributed by atoms with Gasteiger partial charge >= 0.3 is 5.69 Å². The highest BCUT2D eigenvalue weighted by atomic mass is 35.5. The number of nitro groups is 1. The average molecular weight is 257 g/mol. The minimum atomic E-state index is -0.626. The zero-order chi connectivity index (χ0) is 11.9. The summed E-state index contributed by atoms with van der Waals surface area (Å²) in [5.41, 5.74) is 1.15. The van der Waals surface area contributed by atoms with Crippen molar-refractivity contribution in [3.8, 4) is 0 Å². The number of rotatable bonds is 1. The van der Waals surface area contributed by atoms with Crippen LogP contribution < -0.4 is 0 Å². The number of fused-ring (bicyclic) bond motifs is 1. The molecule has 0 spiro atoms. The van der Waals surface area contributed by atoms with Gasteiger partial charge in [-0.1, -0.05) is 34.8 Å². The Hall–Kier alpha value is -1.39. The standard InChI is InChI=1S/C10H6Cl2N2O2/c1-5-2-3-7-6(4-5)8(11)9(14(15)16)10(12)13-7/h2-4H,1H3. The number of pyridine rings is 1. The molecule has 0 atom stereocenters. The predicted molar refractivity (Wildman–Crippen MR) is 63.2 cm³/mol. The van der Waals surface area contributed by atoms with Gasteiger partial charge in [-0.05, 0) is 19.1 Å². The number of halogens is 2. The first kappa shape index (κ1) is 11.1. The van der Waals surface area contributed by atoms with E-state index < -0.39 is 4.92 Å². The van der Waals surface area contributed by atoms with Crippen LogP contribution in [0.4, 0.5) is 5.69 Å². The van der Waals surface area contributed by atoms with Crippen molar-refractivity contribution >= 4 is 39.8 Å². The summed E-state index contributed by atoms with van der Waals surface area (Å²) in [5.74, 6) is 0. The van der Waals surface area contributed by atoms with Crippen LogP contribution in [0.5, 0.6) is 0 Å². The van der Waals surface area contributed by atoms with Gasteiger partial charge in [0.25, 0.3) is 0 Å². The molecule has 4 nitrogen and oxygen atoms in total. The molecule has 0 saturated heterocycles. The minimum Gasteiger partial charge on any atom is -0.258 e. The molecule has 0 bridgehead atoms. The first-order chi connectivity index (χ1) is 7.50. The zero-order valence-corrected chi connectivity index (χ0v) is 9.71. The highest BCUT2D eigenvalue weighted by Crippen LogP contribution is 2.36. The minimum absolute atomic E-state index is 0.0312. The molecular weight excluding hydrogens is 251 g/mol. The zero-order valence-electron chi connectivity index (χ0n) is 8.20. The normalized spacial score (nSPS) is 10.7. The van der Waals surface area contributed by atoms with Crippen molar-refractivity contribution in [3.05, 3.63) is 44.1 Å². The SMILES string of the molecule is Cc1ccc2nc(Cl)c([N+](=O)[O-])c(Cl)c2c1. The maximum absolute atomic E-state index is 10.8. The lowest BCUT2D eigenvalue weighted by Crippen LogP contribution is -1.94. The second kappa shape index (κ2) is 3.88. The van der Waals surface area contributed by atoms with E-state index in [-0.39, 0.29) is 15.9 Å². The molecule has 0 radical (unpaired) electrons. The third kappa shape index (κ3) is 1.70. The van der Waals surface area contributed by atoms with Gasteiger partial charge in [-0.15, -0.1) is 0 Å². The molecule has 0 amide bonds. The van der Waals surface area contributed by atoms with Gasteiger partial charge in [0, 0.05) is 5.39 Å². The lowest BCUT2D eigenvalue weighted by Gasteiger charge is -2.03. The summed E-state index contributed by atoms with van der Waals surface area (Å²) in [6.45, 7) is 1.87. The van der Waals surface area contributed by atoms with E-state index in [9.17, 15) is 10.1 Å². The summed E-state index contributed by atoms with van der Waals surface area (Å²) in [6.07, 6.45) is 0. The van der Waals surface area contributed by atoms with Crippen molar-refractivity contribution in [2.45, 2.75) is 6.92 Å². The molecule has 0 aliphatic rings. The fraction of sp³-hybridized carbons (Fsp3) is 0.100. The fourth-order valence-corrected chi connectivity index (χ4v) is 2.07. The molecule has 1 aromatic carbocycles. The van der Waals surface area contributed by atoms with E-state index in [4.69, 9.17) is 23.2 Å². The summed E-state index contributed by atoms with van der Waals surface area (Å²) >= 11 is 11.7. The first-order valence-corrected chi connectivity index (χ1v) is 5.16. The Morgan fingerprint density at radius 3 is 2.69 bits per heavy atom. The van der Waals surface area contributed by atoms with Gasteiger partial charge in [0.2, 0.25) is 5.15 Å². The third-order valence-corrected chi connectivity index (χ3v) is 2.84. The van der Waals surface area contributed by atoms with Crippen molar-refractivity contribution in [2.24, 2.45) is 0 Å². The molecule has 0 N–H and O–H groups in total. The molecule has 0 fully saturated rings. The van der Waals surface area contributed by atoms with Gasteiger partial charge in [-0.3, -0.25) is 10.1 Å². The second-order valence-electron chi connectivity index (χ2n) is 3.34. The largest absolute Gasteiger partial charge is 0.325 e. The van der Waals surface area contributed by atoms with Crippen LogP contribution in [0.25, 0.3) is 10.9 Å². The van der Waals surface area contributed by atoms with Crippen molar-refractivity contribution in [2.75, 3.05) is 0 Å². The topological polar surface area (TPSA) is 56.0 Å². The predicted octanol–water partition coefficient (Wildman–Crippen LogP) is 3.76. The summed E-state index contributed by atoms with van der Waals surface area (Å²) in [4.78, 5) is 14.1. The molecule has 6 heteroatoms. The Labute approximate surface area is 101 Å². The molecular formula is C10H6Cl2N2O2. The molecule has 2 aromatic rings. The van der Waals surface area contributed by atoms with Crippen molar-refractivity contribution < 1.29 is 4.92 Å². The quantitative estimate of drug-likeness (QED) is 0.444. The molecule has 16 heavy (non-hydrogen) atoms. The average Bonchev–Trinajstić information content (AvgIpc) is 2.19. The molecule has 0 aliphatic carbocycles. The number of aryl methyl sites for hydroxylation is 1. The number of hydrogen-bond acceptors (Lipinski definition) is 3. The molecule has 1 heterocycles. The third-order valence-electron chi connectivity index (χ3n) is 2.19. The Morgan fingerprint density at radius 1 is 1.38 bits per heavy atom. The fourth-order valence-electron chi connectivity index (χ4n) is 1.46. The molecule has 0 aliphatic heterocycles. The van der Waals surface area contributed by atoms with Crippen LogP contribution in [0.3, 0.4) is 0 Å². The summed E-state index contributed by atoms with van der Waals surface area (Å²) in [5, 5.41) is 11.2. The van der Waals surface area contributed by atoms with E-state index in [2.05, 4.69) is 4.98 Å². The number of aromatic nitrogens is 1. The van der Waals surface area contributed by atoms with Gasteiger partial charge in [0.1, 0.15) is 5.02 Å². The Kier molecular flexibility index (Phi) is 2.69. The smallest absolute Gasteiger partial charge is 0.258 e. The molecule has 1 aromatic heterocycles. The number of nitrogens with zero attached hydrogens (tertiary/aromatic N) is 2. The molecule has 0 saturated carbocycles. The van der Waals surface area contributed by atoms with Crippen LogP contribution >= 0.6 is 23.2 Å². The van der Waals surface area contributed by atoms with E-state index in [0.29, 0.717) is 10.9 Å².